The molecule has 2 atom stereocenters. The molecule has 0 aliphatic heterocycles. The van der Waals surface area contributed by atoms with Crippen LogP contribution in [0.4, 0.5) is 0 Å². The molecule has 0 N–H and O–H groups in total. The van der Waals surface area contributed by atoms with Crippen LogP contribution in [0.3, 0.4) is 0 Å². The minimum Gasteiger partial charge on any atom is -0.298 e. The van der Waals surface area contributed by atoms with Crippen molar-refractivity contribution in [3.8, 4) is 0 Å². The summed E-state index contributed by atoms with van der Waals surface area (Å²) in [5.74, 6) is 0.650. The van der Waals surface area contributed by atoms with Crippen LogP contribution in [0.1, 0.15) is 6.42 Å². The Morgan fingerprint density at radius 1 is 1.56 bits per heavy atom. The summed E-state index contributed by atoms with van der Waals surface area (Å²) in [4.78, 5) is 11.1. The summed E-state index contributed by atoms with van der Waals surface area (Å²) >= 11 is 0. The molecule has 0 spiro atoms. The molecule has 1 saturated carbocycles. The lowest BCUT2D eigenvalue weighted by atomic mass is 10.0. The van der Waals surface area contributed by atoms with Crippen molar-refractivity contribution >= 4 is 5.78 Å². The topological polar surface area (TPSA) is 17.1 Å². The summed E-state index contributed by atoms with van der Waals surface area (Å²) in [6.07, 6.45) is 4.88. The SMILES string of the molecule is C=C1CC2C=CC1C2=O. The Balaban J connectivity index is 2.46. The molecule has 2 aliphatic carbocycles. The van der Waals surface area contributed by atoms with Crippen LogP contribution in [-0.4, -0.2) is 5.78 Å². The molecule has 46 valence electrons. The van der Waals surface area contributed by atoms with E-state index < -0.39 is 0 Å². The van der Waals surface area contributed by atoms with Crippen molar-refractivity contribution in [3.05, 3.63) is 24.3 Å². The first-order valence-electron chi connectivity index (χ1n) is 3.19. The summed E-state index contributed by atoms with van der Waals surface area (Å²) in [5, 5.41) is 0. The second kappa shape index (κ2) is 1.35. The van der Waals surface area contributed by atoms with Gasteiger partial charge in [0, 0.05) is 5.92 Å². The minimum atomic E-state index is 0.0926. The minimum absolute atomic E-state index is 0.0926. The molecule has 0 heterocycles. The first-order chi connectivity index (χ1) is 4.29. The van der Waals surface area contributed by atoms with Gasteiger partial charge in [0.15, 0.2) is 5.78 Å². The highest BCUT2D eigenvalue weighted by Gasteiger charge is 2.38. The molecule has 2 bridgehead atoms. The van der Waals surface area contributed by atoms with E-state index in [2.05, 4.69) is 6.58 Å². The van der Waals surface area contributed by atoms with E-state index in [1.165, 1.54) is 0 Å². The second-order valence-corrected chi connectivity index (χ2v) is 2.73. The van der Waals surface area contributed by atoms with Gasteiger partial charge in [-0.2, -0.15) is 0 Å². The van der Waals surface area contributed by atoms with Crippen molar-refractivity contribution in [1.29, 1.82) is 0 Å². The fourth-order valence-corrected chi connectivity index (χ4v) is 1.58. The molecular formula is C8H8O. The van der Waals surface area contributed by atoms with E-state index in [9.17, 15) is 4.79 Å². The normalized spacial score (nSPS) is 38.7. The molecule has 2 rings (SSSR count). The lowest BCUT2D eigenvalue weighted by Crippen LogP contribution is -2.03. The molecular weight excluding hydrogens is 112 g/mol. The molecule has 0 radical (unpaired) electrons. The monoisotopic (exact) mass is 120 g/mol. The van der Waals surface area contributed by atoms with Crippen molar-refractivity contribution in [3.63, 3.8) is 0 Å². The summed E-state index contributed by atoms with van der Waals surface area (Å²) in [7, 11) is 0. The van der Waals surface area contributed by atoms with Gasteiger partial charge in [-0.15, -0.1) is 0 Å². The van der Waals surface area contributed by atoms with Crippen molar-refractivity contribution in [2.24, 2.45) is 11.8 Å². The quantitative estimate of drug-likeness (QED) is 0.440. The van der Waals surface area contributed by atoms with Crippen LogP contribution >= 0.6 is 0 Å². The molecule has 9 heavy (non-hydrogen) atoms. The van der Waals surface area contributed by atoms with Gasteiger partial charge in [-0.1, -0.05) is 24.3 Å². The fraction of sp³-hybridized carbons (Fsp3) is 0.375. The third kappa shape index (κ3) is 0.467. The number of ketones is 1. The molecule has 2 aliphatic rings. The molecule has 1 nitrogen and oxygen atoms in total. The Hall–Kier alpha value is -0.850. The first-order valence-corrected chi connectivity index (χ1v) is 3.19. The molecule has 0 aromatic carbocycles. The second-order valence-electron chi connectivity index (χ2n) is 2.73. The zero-order valence-corrected chi connectivity index (χ0v) is 5.13. The highest BCUT2D eigenvalue weighted by Crippen LogP contribution is 2.38. The van der Waals surface area contributed by atoms with E-state index in [1.807, 2.05) is 12.2 Å². The number of fused-ring (bicyclic) bond motifs is 2. The van der Waals surface area contributed by atoms with Crippen LogP contribution in [0.25, 0.3) is 0 Å². The van der Waals surface area contributed by atoms with Gasteiger partial charge in [0.2, 0.25) is 0 Å². The molecule has 0 saturated heterocycles. The van der Waals surface area contributed by atoms with E-state index in [1.54, 1.807) is 0 Å². The van der Waals surface area contributed by atoms with Gasteiger partial charge in [0.25, 0.3) is 0 Å². The maximum absolute atomic E-state index is 11.1. The number of Topliss-reactive ketones (excluding diaryl/α,β-unsaturated/α-hetero) is 1. The number of hydrogen-bond donors (Lipinski definition) is 0. The van der Waals surface area contributed by atoms with E-state index >= 15 is 0 Å². The Bertz CT molecular complexity index is 213. The van der Waals surface area contributed by atoms with Crippen LogP contribution in [-0.2, 0) is 4.79 Å². The predicted octanol–water partition coefficient (Wildman–Crippen LogP) is 1.32. The largest absolute Gasteiger partial charge is 0.298 e. The number of hydrogen-bond acceptors (Lipinski definition) is 1. The van der Waals surface area contributed by atoms with Crippen molar-refractivity contribution in [1.82, 2.24) is 0 Å². The summed E-state index contributed by atoms with van der Waals surface area (Å²) in [5.41, 5.74) is 1.10. The van der Waals surface area contributed by atoms with Gasteiger partial charge >= 0.3 is 0 Å². The van der Waals surface area contributed by atoms with Gasteiger partial charge in [-0.3, -0.25) is 4.79 Å². The van der Waals surface area contributed by atoms with Crippen molar-refractivity contribution in [2.75, 3.05) is 0 Å². The van der Waals surface area contributed by atoms with Crippen LogP contribution in [0.5, 0.6) is 0 Å². The van der Waals surface area contributed by atoms with E-state index in [-0.39, 0.29) is 11.8 Å². The van der Waals surface area contributed by atoms with E-state index in [0.717, 1.165) is 12.0 Å². The molecule has 0 amide bonds. The Kier molecular flexibility index (Phi) is 0.747. The average molecular weight is 120 g/mol. The number of carbonyl (C=O) groups is 1. The predicted molar refractivity (Wildman–Crippen MR) is 34.9 cm³/mol. The smallest absolute Gasteiger partial charge is 0.150 e. The fourth-order valence-electron chi connectivity index (χ4n) is 1.58. The van der Waals surface area contributed by atoms with Crippen LogP contribution in [0.15, 0.2) is 24.3 Å². The lowest BCUT2D eigenvalue weighted by Gasteiger charge is -2.00. The lowest BCUT2D eigenvalue weighted by molar-refractivity contribution is -0.120. The number of rotatable bonds is 0. The maximum Gasteiger partial charge on any atom is 0.150 e. The first kappa shape index (κ1) is 4.98. The van der Waals surface area contributed by atoms with Gasteiger partial charge in [-0.05, 0) is 6.42 Å². The number of carbonyl (C=O) groups excluding carboxylic acids is 1. The Labute approximate surface area is 54.1 Å². The van der Waals surface area contributed by atoms with Crippen LogP contribution in [0.2, 0.25) is 0 Å². The zero-order valence-electron chi connectivity index (χ0n) is 5.13. The van der Waals surface area contributed by atoms with E-state index in [0.29, 0.717) is 5.78 Å². The van der Waals surface area contributed by atoms with Crippen LogP contribution in [0, 0.1) is 11.8 Å². The number of allylic oxidation sites excluding steroid dienone is 3. The standard InChI is InChI=1S/C8H8O/c1-5-4-6-2-3-7(5)8(6)9/h2-3,6-7H,1,4H2. The molecule has 2 unspecified atom stereocenters. The Morgan fingerprint density at radius 3 is 2.56 bits per heavy atom. The van der Waals surface area contributed by atoms with Crippen LogP contribution < -0.4 is 0 Å². The molecule has 1 heteroatoms. The van der Waals surface area contributed by atoms with E-state index in [4.69, 9.17) is 0 Å². The maximum atomic E-state index is 11.1. The molecule has 0 aromatic heterocycles. The van der Waals surface area contributed by atoms with Gasteiger partial charge in [0.1, 0.15) is 0 Å². The van der Waals surface area contributed by atoms with Gasteiger partial charge in [-0.25, -0.2) is 0 Å². The highest BCUT2D eigenvalue weighted by molar-refractivity contribution is 5.95. The zero-order chi connectivity index (χ0) is 6.43. The highest BCUT2D eigenvalue weighted by atomic mass is 16.1. The van der Waals surface area contributed by atoms with Gasteiger partial charge in [0.05, 0.1) is 5.92 Å². The Morgan fingerprint density at radius 2 is 2.33 bits per heavy atom. The third-order valence-electron chi connectivity index (χ3n) is 2.13. The summed E-state index contributed by atoms with van der Waals surface area (Å²) in [6, 6.07) is 0. The van der Waals surface area contributed by atoms with Crippen molar-refractivity contribution < 1.29 is 4.79 Å². The summed E-state index contributed by atoms with van der Waals surface area (Å²) < 4.78 is 0. The summed E-state index contributed by atoms with van der Waals surface area (Å²) in [6.45, 7) is 3.82. The molecule has 0 aromatic rings. The molecule has 1 fully saturated rings. The third-order valence-corrected chi connectivity index (χ3v) is 2.13. The van der Waals surface area contributed by atoms with Crippen molar-refractivity contribution in [2.45, 2.75) is 6.42 Å². The van der Waals surface area contributed by atoms with Gasteiger partial charge < -0.3 is 0 Å². The average Bonchev–Trinajstić information content (AvgIpc) is 2.25.